The number of hydrogen-bond donors (Lipinski definition) is 1. The van der Waals surface area contributed by atoms with E-state index in [9.17, 15) is 9.59 Å². The van der Waals surface area contributed by atoms with E-state index < -0.39 is 5.91 Å². The fraction of sp³-hybridized carbons (Fsp3) is 0.0625. The zero-order valence-electron chi connectivity index (χ0n) is 12.4. The number of primary amides is 1. The van der Waals surface area contributed by atoms with Gasteiger partial charge in [-0.2, -0.15) is 4.80 Å². The van der Waals surface area contributed by atoms with Crippen molar-refractivity contribution in [1.29, 1.82) is 0 Å². The molecule has 3 rings (SSSR count). The van der Waals surface area contributed by atoms with Crippen LogP contribution in [0, 0.1) is 0 Å². The zero-order chi connectivity index (χ0) is 17.1. The van der Waals surface area contributed by atoms with Crippen LogP contribution in [0.1, 0.15) is 20.7 Å². The quantitative estimate of drug-likeness (QED) is 0.714. The van der Waals surface area contributed by atoms with E-state index in [-0.39, 0.29) is 12.3 Å². The second-order valence-corrected chi connectivity index (χ2v) is 5.40. The van der Waals surface area contributed by atoms with Crippen LogP contribution in [0.25, 0.3) is 11.4 Å². The number of rotatable bonds is 5. The highest BCUT2D eigenvalue weighted by Crippen LogP contribution is 2.17. The molecule has 1 aromatic heterocycles. The van der Waals surface area contributed by atoms with Crippen LogP contribution in [0.3, 0.4) is 0 Å². The SMILES string of the molecule is NC(=O)c1ccc(-c2nnn(CC(=O)c3ccccc3Cl)n2)cc1. The summed E-state index contributed by atoms with van der Waals surface area (Å²) in [5.41, 5.74) is 6.65. The van der Waals surface area contributed by atoms with Crippen molar-refractivity contribution in [3.05, 3.63) is 64.7 Å². The highest BCUT2D eigenvalue weighted by molar-refractivity contribution is 6.33. The van der Waals surface area contributed by atoms with Crippen LogP contribution >= 0.6 is 11.6 Å². The van der Waals surface area contributed by atoms with E-state index in [0.29, 0.717) is 27.5 Å². The molecule has 2 N–H and O–H groups in total. The standard InChI is InChI=1S/C16H12ClN5O2/c17-13-4-2-1-3-12(13)14(23)9-22-20-16(19-21-22)11-7-5-10(6-8-11)15(18)24/h1-8H,9H2,(H2,18,24). The lowest BCUT2D eigenvalue weighted by Gasteiger charge is -2.01. The maximum atomic E-state index is 12.2. The maximum Gasteiger partial charge on any atom is 0.248 e. The number of ketones is 1. The molecule has 3 aromatic rings. The smallest absolute Gasteiger partial charge is 0.248 e. The molecule has 0 atom stereocenters. The van der Waals surface area contributed by atoms with E-state index >= 15 is 0 Å². The molecule has 24 heavy (non-hydrogen) atoms. The lowest BCUT2D eigenvalue weighted by molar-refractivity contribution is 0.0960. The van der Waals surface area contributed by atoms with Gasteiger partial charge in [-0.25, -0.2) is 0 Å². The Balaban J connectivity index is 1.77. The summed E-state index contributed by atoms with van der Waals surface area (Å²) in [6.07, 6.45) is 0. The molecule has 8 heteroatoms. The van der Waals surface area contributed by atoms with Crippen molar-refractivity contribution in [1.82, 2.24) is 20.2 Å². The van der Waals surface area contributed by atoms with Crippen LogP contribution in [0.5, 0.6) is 0 Å². The van der Waals surface area contributed by atoms with Gasteiger partial charge in [0.2, 0.25) is 11.7 Å². The number of amides is 1. The van der Waals surface area contributed by atoms with Gasteiger partial charge in [0.25, 0.3) is 0 Å². The molecular weight excluding hydrogens is 330 g/mol. The van der Waals surface area contributed by atoms with Crippen molar-refractivity contribution in [3.63, 3.8) is 0 Å². The Labute approximate surface area is 142 Å². The van der Waals surface area contributed by atoms with E-state index in [1.807, 2.05) is 0 Å². The number of aromatic nitrogens is 4. The van der Waals surface area contributed by atoms with Crippen LogP contribution in [-0.4, -0.2) is 31.9 Å². The van der Waals surface area contributed by atoms with E-state index in [1.165, 1.54) is 4.80 Å². The number of halogens is 1. The molecule has 0 unspecified atom stereocenters. The zero-order valence-corrected chi connectivity index (χ0v) is 13.1. The van der Waals surface area contributed by atoms with Crippen molar-refractivity contribution in [2.45, 2.75) is 6.54 Å². The first-order valence-electron chi connectivity index (χ1n) is 7.00. The monoisotopic (exact) mass is 341 g/mol. The van der Waals surface area contributed by atoms with Crippen molar-refractivity contribution >= 4 is 23.3 Å². The summed E-state index contributed by atoms with van der Waals surface area (Å²) in [6, 6.07) is 13.3. The molecule has 1 heterocycles. The Morgan fingerprint density at radius 2 is 1.79 bits per heavy atom. The molecule has 0 aliphatic carbocycles. The molecule has 0 radical (unpaired) electrons. The summed E-state index contributed by atoms with van der Waals surface area (Å²) in [5.74, 6) is -0.380. The van der Waals surface area contributed by atoms with E-state index in [4.69, 9.17) is 17.3 Å². The van der Waals surface area contributed by atoms with Gasteiger partial charge in [0.1, 0.15) is 6.54 Å². The average Bonchev–Trinajstić information content (AvgIpc) is 3.03. The summed E-state index contributed by atoms with van der Waals surface area (Å²) < 4.78 is 0. The fourth-order valence-corrected chi connectivity index (χ4v) is 2.35. The van der Waals surface area contributed by atoms with E-state index in [0.717, 1.165) is 0 Å². The van der Waals surface area contributed by atoms with Gasteiger partial charge in [-0.05, 0) is 29.5 Å². The van der Waals surface area contributed by atoms with Crippen molar-refractivity contribution in [2.75, 3.05) is 0 Å². The van der Waals surface area contributed by atoms with Crippen LogP contribution in [0.4, 0.5) is 0 Å². The van der Waals surface area contributed by atoms with Crippen LogP contribution in [0.2, 0.25) is 5.02 Å². The largest absolute Gasteiger partial charge is 0.366 e. The van der Waals surface area contributed by atoms with E-state index in [1.54, 1.807) is 48.5 Å². The first-order chi connectivity index (χ1) is 11.5. The van der Waals surface area contributed by atoms with Gasteiger partial charge in [0.05, 0.1) is 5.02 Å². The molecule has 1 amide bonds. The van der Waals surface area contributed by atoms with Crippen LogP contribution < -0.4 is 5.73 Å². The molecule has 0 bridgehead atoms. The minimum atomic E-state index is -0.511. The van der Waals surface area contributed by atoms with Gasteiger partial charge < -0.3 is 5.73 Å². The first-order valence-corrected chi connectivity index (χ1v) is 7.38. The topological polar surface area (TPSA) is 104 Å². The maximum absolute atomic E-state index is 12.2. The molecule has 0 saturated heterocycles. The minimum absolute atomic E-state index is 0.0733. The molecule has 0 fully saturated rings. The Morgan fingerprint density at radius 3 is 2.46 bits per heavy atom. The van der Waals surface area contributed by atoms with Crippen molar-refractivity contribution < 1.29 is 9.59 Å². The molecular formula is C16H12ClN5O2. The number of tetrazole rings is 1. The van der Waals surface area contributed by atoms with E-state index in [2.05, 4.69) is 15.4 Å². The number of nitrogens with two attached hydrogens (primary N) is 1. The first kappa shape index (κ1) is 15.8. The van der Waals surface area contributed by atoms with Crippen molar-refractivity contribution in [2.24, 2.45) is 5.73 Å². The summed E-state index contributed by atoms with van der Waals surface area (Å²) in [7, 11) is 0. The molecule has 0 spiro atoms. The van der Waals surface area contributed by atoms with Gasteiger partial charge in [-0.1, -0.05) is 35.9 Å². The second kappa shape index (κ2) is 6.59. The highest BCUT2D eigenvalue weighted by Gasteiger charge is 2.13. The van der Waals surface area contributed by atoms with Crippen LogP contribution in [-0.2, 0) is 6.54 Å². The predicted molar refractivity (Wildman–Crippen MR) is 87.6 cm³/mol. The number of hydrogen-bond acceptors (Lipinski definition) is 5. The fourth-order valence-electron chi connectivity index (χ4n) is 2.11. The number of nitrogens with zero attached hydrogens (tertiary/aromatic N) is 4. The number of carbonyl (C=O) groups excluding carboxylic acids is 2. The summed E-state index contributed by atoms with van der Waals surface area (Å²) in [5, 5.41) is 12.3. The number of Topliss-reactive ketones (excluding diaryl/α,β-unsaturated/α-hetero) is 1. The molecule has 0 saturated carbocycles. The summed E-state index contributed by atoms with van der Waals surface area (Å²) in [6.45, 7) is -0.0733. The van der Waals surface area contributed by atoms with Gasteiger partial charge in [0, 0.05) is 16.7 Å². The lowest BCUT2D eigenvalue weighted by atomic mass is 10.1. The minimum Gasteiger partial charge on any atom is -0.366 e. The summed E-state index contributed by atoms with van der Waals surface area (Å²) >= 11 is 6.00. The van der Waals surface area contributed by atoms with Gasteiger partial charge in [0.15, 0.2) is 5.78 Å². The molecule has 7 nitrogen and oxygen atoms in total. The third kappa shape index (κ3) is 3.31. The molecule has 2 aromatic carbocycles. The lowest BCUT2D eigenvalue weighted by Crippen LogP contribution is -2.13. The van der Waals surface area contributed by atoms with Gasteiger partial charge >= 0.3 is 0 Å². The normalized spacial score (nSPS) is 10.5. The average molecular weight is 342 g/mol. The molecule has 0 aliphatic heterocycles. The third-order valence-electron chi connectivity index (χ3n) is 3.34. The number of benzene rings is 2. The highest BCUT2D eigenvalue weighted by atomic mass is 35.5. The summed E-state index contributed by atoms with van der Waals surface area (Å²) in [4.78, 5) is 24.5. The van der Waals surface area contributed by atoms with Crippen molar-refractivity contribution in [3.8, 4) is 11.4 Å². The van der Waals surface area contributed by atoms with Gasteiger partial charge in [-0.15, -0.1) is 10.2 Å². The molecule has 120 valence electrons. The predicted octanol–water partition coefficient (Wildman–Crippen LogP) is 1.98. The Morgan fingerprint density at radius 1 is 1.08 bits per heavy atom. The molecule has 0 aliphatic rings. The van der Waals surface area contributed by atoms with Gasteiger partial charge in [-0.3, -0.25) is 9.59 Å². The number of carbonyl (C=O) groups is 2. The third-order valence-corrected chi connectivity index (χ3v) is 3.67. The Bertz CT molecular complexity index is 905. The Kier molecular flexibility index (Phi) is 4.35. The van der Waals surface area contributed by atoms with Crippen LogP contribution in [0.15, 0.2) is 48.5 Å². The second-order valence-electron chi connectivity index (χ2n) is 4.99. The Hall–Kier alpha value is -3.06.